The van der Waals surface area contributed by atoms with Gasteiger partial charge >= 0.3 is 12.1 Å². The molecule has 0 aliphatic heterocycles. The van der Waals surface area contributed by atoms with Gasteiger partial charge in [0, 0.05) is 22.9 Å². The Morgan fingerprint density at radius 3 is 2.47 bits per heavy atom. The van der Waals surface area contributed by atoms with Gasteiger partial charge in [0.2, 0.25) is 0 Å². The van der Waals surface area contributed by atoms with Crippen LogP contribution in [-0.4, -0.2) is 23.7 Å². The zero-order valence-corrected chi connectivity index (χ0v) is 23.6. The van der Waals surface area contributed by atoms with Gasteiger partial charge < -0.3 is 9.47 Å². The molecule has 38 heavy (non-hydrogen) atoms. The van der Waals surface area contributed by atoms with Gasteiger partial charge in [-0.05, 0) is 73.7 Å². The summed E-state index contributed by atoms with van der Waals surface area (Å²) in [5.41, 5.74) is 5.74. The largest absolute Gasteiger partial charge is 0.465 e. The van der Waals surface area contributed by atoms with E-state index in [0.29, 0.717) is 16.6 Å². The number of hydrogen-bond acceptors (Lipinski definition) is 7. The molecule has 0 radical (unpaired) electrons. The lowest BCUT2D eigenvalue weighted by Crippen LogP contribution is -2.23. The molecule has 1 atom stereocenters. The zero-order valence-electron chi connectivity index (χ0n) is 21.2. The first kappa shape index (κ1) is 26.4. The van der Waals surface area contributed by atoms with E-state index in [1.165, 1.54) is 11.3 Å². The summed E-state index contributed by atoms with van der Waals surface area (Å²) in [6.45, 7) is 6.07. The molecule has 4 aromatic rings. The number of nitrogens with zero attached hydrogens (tertiary/aromatic N) is 1. The molecule has 9 heteroatoms. The first-order valence-corrected chi connectivity index (χ1v) is 14.5. The van der Waals surface area contributed by atoms with E-state index in [1.54, 1.807) is 23.6 Å². The molecule has 1 unspecified atom stereocenters. The maximum absolute atomic E-state index is 12.6. The van der Waals surface area contributed by atoms with Crippen molar-refractivity contribution >= 4 is 52.0 Å². The second kappa shape index (κ2) is 10.9. The smallest absolute Gasteiger partial charge is 0.412 e. The van der Waals surface area contributed by atoms with Crippen molar-refractivity contribution in [2.75, 3.05) is 11.9 Å². The van der Waals surface area contributed by atoms with E-state index < -0.39 is 11.5 Å². The maximum Gasteiger partial charge on any atom is 0.412 e. The van der Waals surface area contributed by atoms with Crippen LogP contribution in [0.1, 0.15) is 49.5 Å². The fraction of sp³-hybridized carbons (Fsp3) is 0.276. The monoisotopic (exact) mass is 566 g/mol. The van der Waals surface area contributed by atoms with Crippen LogP contribution in [0.25, 0.3) is 21.7 Å². The van der Waals surface area contributed by atoms with Crippen molar-refractivity contribution in [3.8, 4) is 21.7 Å². The Kier molecular flexibility index (Phi) is 7.56. The second-order valence-corrected chi connectivity index (χ2v) is 11.7. The lowest BCUT2D eigenvalue weighted by atomic mass is 9.94. The number of carbonyl (C=O) groups is 2. The van der Waals surface area contributed by atoms with E-state index >= 15 is 0 Å². The Morgan fingerprint density at radius 1 is 1.13 bits per heavy atom. The summed E-state index contributed by atoms with van der Waals surface area (Å²) in [6, 6.07) is 13.5. The van der Waals surface area contributed by atoms with E-state index in [1.807, 2.05) is 67.9 Å². The molecular weight excluding hydrogens is 540 g/mol. The normalized spacial score (nSPS) is 14.5. The molecule has 1 fully saturated rings. The number of hydrogen-bond donors (Lipinski definition) is 1. The number of esters is 1. The fourth-order valence-electron chi connectivity index (χ4n) is 4.48. The van der Waals surface area contributed by atoms with Gasteiger partial charge in [0.1, 0.15) is 6.10 Å². The van der Waals surface area contributed by atoms with Crippen molar-refractivity contribution in [3.05, 3.63) is 80.4 Å². The van der Waals surface area contributed by atoms with Gasteiger partial charge in [-0.1, -0.05) is 35.9 Å². The third-order valence-corrected chi connectivity index (χ3v) is 8.92. The number of benzene rings is 1. The predicted molar refractivity (Wildman–Crippen MR) is 153 cm³/mol. The molecule has 1 N–H and O–H groups in total. The van der Waals surface area contributed by atoms with Crippen molar-refractivity contribution in [3.63, 3.8) is 0 Å². The lowest BCUT2D eigenvalue weighted by Gasteiger charge is -2.15. The van der Waals surface area contributed by atoms with Gasteiger partial charge in [-0.3, -0.25) is 15.1 Å². The standard InChI is InChI=1S/C29H27ClN2O4S2/c1-4-35-27(33)29(11-12-29)21-8-5-19(6-9-21)23-10-7-20(14-31-23)26-24(13-25(30)38-26)32-28(34)36-18(3)22-16-37-15-17(22)2/h5-10,13-16,18H,4,11-12H2,1-3H3,(H,32,34). The van der Waals surface area contributed by atoms with Crippen molar-refractivity contribution in [1.29, 1.82) is 0 Å². The number of thiophene rings is 2. The highest BCUT2D eigenvalue weighted by Crippen LogP contribution is 2.49. The van der Waals surface area contributed by atoms with Gasteiger partial charge in [-0.25, -0.2) is 4.79 Å². The Morgan fingerprint density at radius 2 is 1.87 bits per heavy atom. The van der Waals surface area contributed by atoms with Crippen LogP contribution in [0, 0.1) is 6.92 Å². The average molecular weight is 567 g/mol. The number of ether oxygens (including phenoxy) is 2. The second-order valence-electron chi connectivity index (χ2n) is 9.29. The number of anilines is 1. The van der Waals surface area contributed by atoms with Crippen molar-refractivity contribution in [2.24, 2.45) is 0 Å². The molecule has 1 aromatic carbocycles. The quantitative estimate of drug-likeness (QED) is 0.217. The highest BCUT2D eigenvalue weighted by atomic mass is 35.5. The van der Waals surface area contributed by atoms with Crippen LogP contribution in [0.4, 0.5) is 10.5 Å². The van der Waals surface area contributed by atoms with E-state index in [2.05, 4.69) is 10.3 Å². The Balaban J connectivity index is 1.29. The van der Waals surface area contributed by atoms with E-state index in [0.717, 1.165) is 51.2 Å². The van der Waals surface area contributed by atoms with Crippen molar-refractivity contribution in [2.45, 2.75) is 45.1 Å². The van der Waals surface area contributed by atoms with Gasteiger partial charge in [0.05, 0.1) is 32.6 Å². The molecule has 0 spiro atoms. The number of aromatic nitrogens is 1. The maximum atomic E-state index is 12.6. The number of rotatable bonds is 8. The Hall–Kier alpha value is -3.20. The van der Waals surface area contributed by atoms with Crippen LogP contribution in [0.2, 0.25) is 4.34 Å². The minimum atomic E-state index is -0.542. The average Bonchev–Trinajstić information content (AvgIpc) is 3.48. The molecule has 196 valence electrons. The van der Waals surface area contributed by atoms with Gasteiger partial charge in [-0.15, -0.1) is 11.3 Å². The molecular formula is C29H27ClN2O4S2. The van der Waals surface area contributed by atoms with Gasteiger partial charge in [-0.2, -0.15) is 11.3 Å². The molecule has 3 aromatic heterocycles. The number of aryl methyl sites for hydroxylation is 1. The summed E-state index contributed by atoms with van der Waals surface area (Å²) in [5, 5.41) is 6.86. The van der Waals surface area contributed by atoms with Crippen molar-refractivity contribution < 1.29 is 19.1 Å². The number of amides is 1. The first-order chi connectivity index (χ1) is 18.3. The van der Waals surface area contributed by atoms with Gasteiger partial charge in [0.15, 0.2) is 0 Å². The summed E-state index contributed by atoms with van der Waals surface area (Å²) < 4.78 is 11.4. The number of nitrogens with one attached hydrogen (secondary N) is 1. The summed E-state index contributed by atoms with van der Waals surface area (Å²) in [6.07, 6.45) is 2.49. The Labute approximate surface area is 234 Å². The summed E-state index contributed by atoms with van der Waals surface area (Å²) in [5.74, 6) is -0.144. The highest BCUT2D eigenvalue weighted by molar-refractivity contribution is 7.20. The molecule has 0 saturated heterocycles. The molecule has 1 amide bonds. The van der Waals surface area contributed by atoms with E-state index in [9.17, 15) is 9.59 Å². The van der Waals surface area contributed by atoms with E-state index in [-0.39, 0.29) is 12.1 Å². The number of pyridine rings is 1. The number of carbonyl (C=O) groups excluding carboxylic acids is 2. The first-order valence-electron chi connectivity index (χ1n) is 12.3. The van der Waals surface area contributed by atoms with Crippen LogP contribution in [0.3, 0.4) is 0 Å². The molecule has 0 bridgehead atoms. The minimum absolute atomic E-state index is 0.144. The Bertz CT molecular complexity index is 1460. The SMILES string of the molecule is CCOC(=O)C1(c2ccc(-c3ccc(-c4sc(Cl)cc4NC(=O)OC(C)c4cscc4C)cn3)cc2)CC1. The van der Waals surface area contributed by atoms with Crippen LogP contribution in [0.5, 0.6) is 0 Å². The summed E-state index contributed by atoms with van der Waals surface area (Å²) >= 11 is 9.25. The minimum Gasteiger partial charge on any atom is -0.465 e. The van der Waals surface area contributed by atoms with Crippen LogP contribution in [-0.2, 0) is 19.7 Å². The summed E-state index contributed by atoms with van der Waals surface area (Å²) in [4.78, 5) is 30.5. The molecule has 3 heterocycles. The third kappa shape index (κ3) is 5.34. The van der Waals surface area contributed by atoms with Crippen molar-refractivity contribution in [1.82, 2.24) is 4.98 Å². The molecule has 6 nitrogen and oxygen atoms in total. The van der Waals surface area contributed by atoms with Crippen LogP contribution >= 0.6 is 34.3 Å². The summed E-state index contributed by atoms with van der Waals surface area (Å²) in [7, 11) is 0. The highest BCUT2D eigenvalue weighted by Gasteiger charge is 2.52. The lowest BCUT2D eigenvalue weighted by molar-refractivity contribution is -0.146. The molecule has 1 aliphatic rings. The third-order valence-electron chi connectivity index (χ3n) is 6.73. The van der Waals surface area contributed by atoms with Crippen LogP contribution in [0.15, 0.2) is 59.4 Å². The molecule has 1 saturated carbocycles. The zero-order chi connectivity index (χ0) is 26.9. The molecule has 5 rings (SSSR count). The van der Waals surface area contributed by atoms with Crippen LogP contribution < -0.4 is 5.32 Å². The molecule has 1 aliphatic carbocycles. The topological polar surface area (TPSA) is 77.5 Å². The number of halogens is 1. The fourth-order valence-corrected chi connectivity index (χ4v) is 6.59. The van der Waals surface area contributed by atoms with Gasteiger partial charge in [0.25, 0.3) is 0 Å². The van der Waals surface area contributed by atoms with E-state index in [4.69, 9.17) is 21.1 Å². The predicted octanol–water partition coefficient (Wildman–Crippen LogP) is 8.40.